The lowest BCUT2D eigenvalue weighted by atomic mass is 9.79. The summed E-state index contributed by atoms with van der Waals surface area (Å²) in [6, 6.07) is 4.49. The third-order valence-electron chi connectivity index (χ3n) is 4.68. The highest BCUT2D eigenvalue weighted by Gasteiger charge is 2.38. The van der Waals surface area contributed by atoms with E-state index in [9.17, 15) is 0 Å². The van der Waals surface area contributed by atoms with Crippen LogP contribution in [0.1, 0.15) is 53.4 Å². The number of nitrogen functional groups attached to an aromatic ring is 1. The molecule has 0 bridgehead atoms. The summed E-state index contributed by atoms with van der Waals surface area (Å²) < 4.78 is 0. The Kier molecular flexibility index (Phi) is 6.45. The molecule has 1 aliphatic heterocycles. The van der Waals surface area contributed by atoms with Crippen molar-refractivity contribution in [2.24, 2.45) is 0 Å². The van der Waals surface area contributed by atoms with Gasteiger partial charge in [-0.3, -0.25) is 0 Å². The monoisotopic (exact) mass is 370 g/mol. The Morgan fingerprint density at radius 2 is 1.70 bits per heavy atom. The molecule has 0 saturated carbocycles. The third-order valence-corrected chi connectivity index (χ3v) is 4.68. The number of aromatic nitrogens is 2. The van der Waals surface area contributed by atoms with Crippen LogP contribution in [0.25, 0.3) is 0 Å². The Hall–Kier alpha value is -2.58. The first kappa shape index (κ1) is 20.7. The highest BCUT2D eigenvalue weighted by molar-refractivity contribution is 5.75. The van der Waals surface area contributed by atoms with E-state index in [2.05, 4.69) is 60.4 Å². The maximum atomic E-state index is 8.90. The van der Waals surface area contributed by atoms with Crippen molar-refractivity contribution >= 4 is 17.3 Å². The Bertz CT molecular complexity index is 694. The van der Waals surface area contributed by atoms with Crippen molar-refractivity contribution in [3.05, 3.63) is 6.33 Å². The molecule has 1 fully saturated rings. The Labute approximate surface area is 161 Å². The van der Waals surface area contributed by atoms with Gasteiger partial charge in [-0.25, -0.2) is 9.97 Å². The minimum Gasteiger partial charge on any atom is -0.393 e. The second-order valence-electron chi connectivity index (χ2n) is 8.41. The summed E-state index contributed by atoms with van der Waals surface area (Å²) >= 11 is 0. The molecule has 0 unspecified atom stereocenters. The van der Waals surface area contributed by atoms with Crippen LogP contribution in [0.15, 0.2) is 6.33 Å². The molecule has 2 rings (SSSR count). The van der Waals surface area contributed by atoms with Crippen LogP contribution in [0.2, 0.25) is 0 Å². The predicted octanol–water partition coefficient (Wildman–Crippen LogP) is 2.41. The van der Waals surface area contributed by atoms with Crippen molar-refractivity contribution in [1.82, 2.24) is 15.3 Å². The molecular weight excluding hydrogens is 340 g/mol. The highest BCUT2D eigenvalue weighted by Crippen LogP contribution is 2.33. The number of nitrogens with one attached hydrogen (secondary N) is 2. The normalized spacial score (nSPS) is 18.3. The van der Waals surface area contributed by atoms with Gasteiger partial charge in [-0.05, 0) is 40.5 Å². The van der Waals surface area contributed by atoms with E-state index in [1.54, 1.807) is 0 Å². The van der Waals surface area contributed by atoms with Gasteiger partial charge in [0, 0.05) is 30.2 Å². The summed E-state index contributed by atoms with van der Waals surface area (Å²) in [5.41, 5.74) is 6.85. The lowest BCUT2D eigenvalue weighted by Crippen LogP contribution is -2.60. The van der Waals surface area contributed by atoms with Crippen LogP contribution in [-0.2, 0) is 0 Å². The number of piperidine rings is 1. The first-order valence-corrected chi connectivity index (χ1v) is 9.32. The number of hydrogen-bond acceptors (Lipinski definition) is 8. The van der Waals surface area contributed by atoms with Crippen molar-refractivity contribution in [2.45, 2.75) is 70.5 Å². The lowest BCUT2D eigenvalue weighted by molar-refractivity contribution is 0.170. The highest BCUT2D eigenvalue weighted by atomic mass is 15.2. The smallest absolute Gasteiger partial charge is 0.157 e. The van der Waals surface area contributed by atoms with Crippen molar-refractivity contribution in [1.29, 1.82) is 10.5 Å². The number of anilines is 3. The summed E-state index contributed by atoms with van der Waals surface area (Å²) in [5.74, 6) is 1.18. The Morgan fingerprint density at radius 1 is 1.15 bits per heavy atom. The maximum Gasteiger partial charge on any atom is 0.157 e. The molecule has 1 aromatic rings. The van der Waals surface area contributed by atoms with Gasteiger partial charge in [0.2, 0.25) is 0 Å². The quantitative estimate of drug-likeness (QED) is 0.668. The fourth-order valence-electron chi connectivity index (χ4n) is 4.06. The SMILES string of the molecule is CC1(C)CC(Nc2ncnc(N(CCC#N)CCC#N)c2N)CC(C)(C)N1. The zero-order chi connectivity index (χ0) is 20.1. The van der Waals surface area contributed by atoms with Crippen molar-refractivity contribution in [3.63, 3.8) is 0 Å². The molecule has 8 heteroatoms. The first-order valence-electron chi connectivity index (χ1n) is 9.32. The van der Waals surface area contributed by atoms with E-state index in [4.69, 9.17) is 16.3 Å². The molecule has 8 nitrogen and oxygen atoms in total. The van der Waals surface area contributed by atoms with E-state index in [1.165, 1.54) is 6.33 Å². The molecule has 4 N–H and O–H groups in total. The molecule has 2 heterocycles. The van der Waals surface area contributed by atoms with Gasteiger partial charge in [0.25, 0.3) is 0 Å². The van der Waals surface area contributed by atoms with E-state index in [1.807, 2.05) is 4.90 Å². The summed E-state index contributed by atoms with van der Waals surface area (Å²) in [6.07, 6.45) is 4.06. The maximum absolute atomic E-state index is 8.90. The van der Waals surface area contributed by atoms with Gasteiger partial charge in [0.1, 0.15) is 12.0 Å². The summed E-state index contributed by atoms with van der Waals surface area (Å²) in [6.45, 7) is 9.75. The van der Waals surface area contributed by atoms with Gasteiger partial charge in [-0.1, -0.05) is 0 Å². The van der Waals surface area contributed by atoms with Crippen LogP contribution in [0.3, 0.4) is 0 Å². The molecule has 146 valence electrons. The predicted molar refractivity (Wildman–Crippen MR) is 107 cm³/mol. The number of nitrogens with two attached hydrogens (primary N) is 1. The van der Waals surface area contributed by atoms with Gasteiger partial charge in [-0.2, -0.15) is 10.5 Å². The molecule has 0 aromatic carbocycles. The molecule has 0 amide bonds. The van der Waals surface area contributed by atoms with Crippen LogP contribution in [0.5, 0.6) is 0 Å². The minimum absolute atomic E-state index is 0.00959. The van der Waals surface area contributed by atoms with E-state index in [0.717, 1.165) is 12.8 Å². The number of hydrogen-bond donors (Lipinski definition) is 3. The molecule has 1 aliphatic rings. The van der Waals surface area contributed by atoms with Gasteiger partial charge in [0.05, 0.1) is 25.0 Å². The van der Waals surface area contributed by atoms with E-state index >= 15 is 0 Å². The first-order chi connectivity index (χ1) is 12.7. The number of nitriles is 2. The number of nitrogens with zero attached hydrogens (tertiary/aromatic N) is 5. The number of rotatable bonds is 7. The van der Waals surface area contributed by atoms with Crippen molar-refractivity contribution in [2.75, 3.05) is 29.0 Å². The largest absolute Gasteiger partial charge is 0.393 e. The van der Waals surface area contributed by atoms with Crippen LogP contribution < -0.4 is 21.3 Å². The molecule has 0 aliphatic carbocycles. The average Bonchev–Trinajstić information content (AvgIpc) is 2.54. The summed E-state index contributed by atoms with van der Waals surface area (Å²) in [4.78, 5) is 10.5. The third kappa shape index (κ3) is 5.70. The zero-order valence-corrected chi connectivity index (χ0v) is 16.7. The molecule has 0 spiro atoms. The fraction of sp³-hybridized carbons (Fsp3) is 0.684. The molecule has 1 aromatic heterocycles. The molecular formula is C19H30N8. The van der Waals surface area contributed by atoms with Gasteiger partial charge >= 0.3 is 0 Å². The Balaban J connectivity index is 2.22. The van der Waals surface area contributed by atoms with E-state index < -0.39 is 0 Å². The standard InChI is InChI=1S/C19H30N8/c1-18(2)11-14(12-19(3,4)26-18)25-16-15(22)17(24-13-23-16)27(9-5-7-20)10-6-8-21/h13-14,26H,5-6,9-12,22H2,1-4H3,(H,23,24,25). The summed E-state index contributed by atoms with van der Waals surface area (Å²) in [7, 11) is 0. The molecule has 0 atom stereocenters. The summed E-state index contributed by atoms with van der Waals surface area (Å²) in [5, 5.41) is 25.0. The second-order valence-corrected chi connectivity index (χ2v) is 8.41. The van der Waals surface area contributed by atoms with Gasteiger partial charge in [-0.15, -0.1) is 0 Å². The topological polar surface area (TPSA) is 127 Å². The average molecular weight is 371 g/mol. The van der Waals surface area contributed by atoms with Gasteiger partial charge < -0.3 is 21.3 Å². The Morgan fingerprint density at radius 3 is 2.22 bits per heavy atom. The van der Waals surface area contributed by atoms with E-state index in [0.29, 0.717) is 43.3 Å². The van der Waals surface area contributed by atoms with Crippen LogP contribution in [0.4, 0.5) is 17.3 Å². The van der Waals surface area contributed by atoms with Gasteiger partial charge in [0.15, 0.2) is 11.6 Å². The fourth-order valence-corrected chi connectivity index (χ4v) is 4.06. The second kappa shape index (κ2) is 8.41. The lowest BCUT2D eigenvalue weighted by Gasteiger charge is -2.46. The van der Waals surface area contributed by atoms with Crippen molar-refractivity contribution < 1.29 is 0 Å². The van der Waals surface area contributed by atoms with Crippen molar-refractivity contribution in [3.8, 4) is 12.1 Å². The molecule has 1 saturated heterocycles. The molecule has 27 heavy (non-hydrogen) atoms. The minimum atomic E-state index is 0.00959. The van der Waals surface area contributed by atoms with Crippen LogP contribution in [0, 0.1) is 22.7 Å². The zero-order valence-electron chi connectivity index (χ0n) is 16.7. The molecule has 0 radical (unpaired) electrons. The van der Waals surface area contributed by atoms with Crippen LogP contribution >= 0.6 is 0 Å². The van der Waals surface area contributed by atoms with E-state index in [-0.39, 0.29) is 17.1 Å². The van der Waals surface area contributed by atoms with Crippen LogP contribution in [-0.4, -0.2) is 40.2 Å².